The molecule has 23 heavy (non-hydrogen) atoms. The summed E-state index contributed by atoms with van der Waals surface area (Å²) < 4.78 is 10.7. The van der Waals surface area contributed by atoms with Crippen LogP contribution in [0.2, 0.25) is 0 Å². The van der Waals surface area contributed by atoms with Gasteiger partial charge < -0.3 is 9.47 Å². The summed E-state index contributed by atoms with van der Waals surface area (Å²) in [5, 5.41) is 0. The number of aryl methyl sites for hydroxylation is 1. The lowest BCUT2D eigenvalue weighted by Crippen LogP contribution is -2.36. The van der Waals surface area contributed by atoms with Crippen LogP contribution >= 0.6 is 0 Å². The van der Waals surface area contributed by atoms with Crippen LogP contribution in [0.15, 0.2) is 36.4 Å². The summed E-state index contributed by atoms with van der Waals surface area (Å²) >= 11 is 0. The van der Waals surface area contributed by atoms with Crippen molar-refractivity contribution in [3.63, 3.8) is 0 Å². The van der Waals surface area contributed by atoms with Gasteiger partial charge in [0, 0.05) is 5.57 Å². The van der Waals surface area contributed by atoms with Crippen LogP contribution in [-0.2, 0) is 24.7 Å². The average Bonchev–Trinajstić information content (AvgIpc) is 2.53. The van der Waals surface area contributed by atoms with Gasteiger partial charge in [0.25, 0.3) is 0 Å². The number of ether oxygens (including phenoxy) is 2. The zero-order valence-corrected chi connectivity index (χ0v) is 13.9. The van der Waals surface area contributed by atoms with E-state index in [0.717, 1.165) is 43.2 Å². The lowest BCUT2D eigenvalue weighted by molar-refractivity contribution is -0.173. The molecule has 0 unspecified atom stereocenters. The smallest absolute Gasteiger partial charge is 0.345 e. The molecule has 1 aromatic carbocycles. The fourth-order valence-electron chi connectivity index (χ4n) is 3.00. The Morgan fingerprint density at radius 1 is 1.22 bits per heavy atom. The van der Waals surface area contributed by atoms with E-state index in [9.17, 15) is 9.59 Å². The molecule has 1 fully saturated rings. The molecular formula is C19H24O4. The maximum atomic E-state index is 12.2. The highest BCUT2D eigenvalue weighted by atomic mass is 16.6. The monoisotopic (exact) mass is 316 g/mol. The van der Waals surface area contributed by atoms with E-state index in [0.29, 0.717) is 0 Å². The van der Waals surface area contributed by atoms with Crippen molar-refractivity contribution in [3.8, 4) is 0 Å². The maximum absolute atomic E-state index is 12.2. The fourth-order valence-corrected chi connectivity index (χ4v) is 3.00. The third kappa shape index (κ3) is 4.44. The van der Waals surface area contributed by atoms with E-state index in [4.69, 9.17) is 9.47 Å². The van der Waals surface area contributed by atoms with Crippen molar-refractivity contribution in [2.45, 2.75) is 51.6 Å². The van der Waals surface area contributed by atoms with Gasteiger partial charge >= 0.3 is 11.9 Å². The number of hydrogen-bond acceptors (Lipinski definition) is 4. The van der Waals surface area contributed by atoms with Crippen LogP contribution < -0.4 is 0 Å². The summed E-state index contributed by atoms with van der Waals surface area (Å²) in [6.07, 6.45) is 4.79. The summed E-state index contributed by atoms with van der Waals surface area (Å²) in [5.41, 5.74) is 1.83. The summed E-state index contributed by atoms with van der Waals surface area (Å²) in [7, 11) is 0. The summed E-state index contributed by atoms with van der Waals surface area (Å²) in [5.74, 6) is -1.08. The van der Waals surface area contributed by atoms with Gasteiger partial charge in [-0.2, -0.15) is 0 Å². The molecule has 0 heterocycles. The summed E-state index contributed by atoms with van der Waals surface area (Å²) in [4.78, 5) is 23.6. The minimum Gasteiger partial charge on any atom is -0.452 e. The Hall–Kier alpha value is -2.10. The maximum Gasteiger partial charge on any atom is 0.345 e. The van der Waals surface area contributed by atoms with Gasteiger partial charge in [-0.25, -0.2) is 9.59 Å². The molecule has 0 atom stereocenters. The Morgan fingerprint density at radius 3 is 2.52 bits per heavy atom. The van der Waals surface area contributed by atoms with Crippen molar-refractivity contribution in [1.82, 2.24) is 0 Å². The van der Waals surface area contributed by atoms with Gasteiger partial charge in [0.05, 0.1) is 0 Å². The van der Waals surface area contributed by atoms with Crippen LogP contribution in [0.4, 0.5) is 0 Å². The van der Waals surface area contributed by atoms with Gasteiger partial charge in [0.2, 0.25) is 0 Å². The predicted molar refractivity (Wildman–Crippen MR) is 87.8 cm³/mol. The van der Waals surface area contributed by atoms with Crippen LogP contribution in [0, 0.1) is 6.92 Å². The summed E-state index contributed by atoms with van der Waals surface area (Å²) in [6.45, 7) is 6.69. The minimum absolute atomic E-state index is 0.267. The first-order valence-corrected chi connectivity index (χ1v) is 8.04. The molecule has 0 radical (unpaired) electrons. The van der Waals surface area contributed by atoms with Crippen molar-refractivity contribution in [2.75, 3.05) is 6.61 Å². The zero-order chi connectivity index (χ0) is 16.9. The van der Waals surface area contributed by atoms with Gasteiger partial charge in [0.1, 0.15) is 5.60 Å². The Bertz CT molecular complexity index is 597. The highest BCUT2D eigenvalue weighted by molar-refractivity contribution is 5.88. The fraction of sp³-hybridized carbons (Fsp3) is 0.474. The van der Waals surface area contributed by atoms with Gasteiger partial charge in [-0.05, 0) is 45.1 Å². The third-order valence-corrected chi connectivity index (χ3v) is 4.18. The molecule has 1 saturated carbocycles. The van der Waals surface area contributed by atoms with E-state index >= 15 is 0 Å². The molecule has 1 aromatic rings. The molecule has 0 bridgehead atoms. The SMILES string of the molecule is C=C(C)C(=O)OCC(=O)OC1(c2cccc(C)c2)CCCCC1. The number of rotatable bonds is 5. The molecule has 0 aliphatic heterocycles. The lowest BCUT2D eigenvalue weighted by atomic mass is 9.79. The first-order chi connectivity index (χ1) is 10.9. The van der Waals surface area contributed by atoms with Gasteiger partial charge in [-0.15, -0.1) is 0 Å². The molecular weight excluding hydrogens is 292 g/mol. The lowest BCUT2D eigenvalue weighted by Gasteiger charge is -2.37. The second kappa shape index (κ2) is 7.44. The van der Waals surface area contributed by atoms with Crippen LogP contribution in [0.25, 0.3) is 0 Å². The van der Waals surface area contributed by atoms with Crippen molar-refractivity contribution in [2.24, 2.45) is 0 Å². The number of hydrogen-bond donors (Lipinski definition) is 0. The van der Waals surface area contributed by atoms with Gasteiger partial charge in [-0.3, -0.25) is 0 Å². The average molecular weight is 316 g/mol. The molecule has 0 N–H and O–H groups in total. The second-order valence-corrected chi connectivity index (χ2v) is 6.25. The molecule has 0 spiro atoms. The Balaban J connectivity index is 2.11. The molecule has 4 nitrogen and oxygen atoms in total. The zero-order valence-electron chi connectivity index (χ0n) is 13.9. The van der Waals surface area contributed by atoms with Crippen molar-refractivity contribution in [3.05, 3.63) is 47.5 Å². The molecule has 4 heteroatoms. The van der Waals surface area contributed by atoms with Crippen LogP contribution in [0.3, 0.4) is 0 Å². The molecule has 0 saturated heterocycles. The van der Waals surface area contributed by atoms with E-state index in [-0.39, 0.29) is 12.2 Å². The molecule has 1 aliphatic carbocycles. The normalized spacial score (nSPS) is 16.4. The van der Waals surface area contributed by atoms with Gasteiger partial charge in [0.15, 0.2) is 6.61 Å². The third-order valence-electron chi connectivity index (χ3n) is 4.18. The number of esters is 2. The highest BCUT2D eigenvalue weighted by Gasteiger charge is 2.38. The van der Waals surface area contributed by atoms with E-state index in [1.165, 1.54) is 0 Å². The standard InChI is InChI=1S/C19H24O4/c1-14(2)18(21)22-13-17(20)23-19(10-5-4-6-11-19)16-9-7-8-15(3)12-16/h7-9,12H,1,4-6,10-11,13H2,2-3H3. The molecule has 0 amide bonds. The van der Waals surface area contributed by atoms with E-state index in [1.54, 1.807) is 6.92 Å². The summed E-state index contributed by atoms with van der Waals surface area (Å²) in [6, 6.07) is 8.08. The number of carbonyl (C=O) groups excluding carboxylic acids is 2. The van der Waals surface area contributed by atoms with E-state index in [1.807, 2.05) is 25.1 Å². The highest BCUT2D eigenvalue weighted by Crippen LogP contribution is 2.40. The number of benzene rings is 1. The topological polar surface area (TPSA) is 52.6 Å². The van der Waals surface area contributed by atoms with E-state index < -0.39 is 17.5 Å². The van der Waals surface area contributed by atoms with Crippen LogP contribution in [-0.4, -0.2) is 18.5 Å². The predicted octanol–water partition coefficient (Wildman–Crippen LogP) is 3.82. The number of carbonyl (C=O) groups is 2. The Kier molecular flexibility index (Phi) is 5.59. The van der Waals surface area contributed by atoms with Crippen LogP contribution in [0.1, 0.15) is 50.2 Å². The largest absolute Gasteiger partial charge is 0.452 e. The second-order valence-electron chi connectivity index (χ2n) is 6.25. The minimum atomic E-state index is -0.600. The van der Waals surface area contributed by atoms with Gasteiger partial charge in [-0.1, -0.05) is 42.8 Å². The molecule has 2 rings (SSSR count). The quantitative estimate of drug-likeness (QED) is 0.612. The first kappa shape index (κ1) is 17.3. The van der Waals surface area contributed by atoms with E-state index in [2.05, 4.69) is 12.6 Å². The Labute approximate surface area is 137 Å². The van der Waals surface area contributed by atoms with Crippen LogP contribution in [0.5, 0.6) is 0 Å². The Morgan fingerprint density at radius 2 is 1.91 bits per heavy atom. The van der Waals surface area contributed by atoms with Crippen molar-refractivity contribution in [1.29, 1.82) is 0 Å². The molecule has 0 aromatic heterocycles. The molecule has 124 valence electrons. The van der Waals surface area contributed by atoms with Crippen molar-refractivity contribution >= 4 is 11.9 Å². The molecule has 1 aliphatic rings. The van der Waals surface area contributed by atoms with Crippen molar-refractivity contribution < 1.29 is 19.1 Å². The first-order valence-electron chi connectivity index (χ1n) is 8.04.